The van der Waals surface area contributed by atoms with Crippen molar-refractivity contribution in [2.24, 2.45) is 5.92 Å². The number of carbonyl (C=O) groups excluding carboxylic acids is 2. The highest BCUT2D eigenvalue weighted by Crippen LogP contribution is 2.30. The number of hydrogen-bond acceptors (Lipinski definition) is 4. The Bertz CT molecular complexity index is 583. The molecule has 2 aliphatic heterocycles. The molecule has 3 rings (SSSR count). The molecule has 2 atom stereocenters. The zero-order valence-electron chi connectivity index (χ0n) is 14.3. The van der Waals surface area contributed by atoms with E-state index in [0.717, 1.165) is 18.4 Å². The zero-order chi connectivity index (χ0) is 16.9. The molecule has 2 heterocycles. The molecule has 130 valence electrons. The van der Waals surface area contributed by atoms with Gasteiger partial charge >= 0.3 is 6.09 Å². The van der Waals surface area contributed by atoms with Crippen molar-refractivity contribution >= 4 is 12.0 Å². The number of aryl methyl sites for hydroxylation is 1. The molecule has 0 aromatic heterocycles. The Kier molecular flexibility index (Phi) is 5.51. The monoisotopic (exact) mass is 330 g/mol. The van der Waals surface area contributed by atoms with Crippen molar-refractivity contribution < 1.29 is 14.3 Å². The quantitative estimate of drug-likeness (QED) is 0.925. The maximum atomic E-state index is 12.0. The summed E-state index contributed by atoms with van der Waals surface area (Å²) in [6.07, 6.45) is 5.34. The van der Waals surface area contributed by atoms with Gasteiger partial charge in [0.25, 0.3) is 5.91 Å². The number of piperidine rings is 2. The zero-order valence-corrected chi connectivity index (χ0v) is 14.3. The van der Waals surface area contributed by atoms with Crippen LogP contribution in [0.15, 0.2) is 24.3 Å². The molecule has 1 N–H and O–H groups in total. The summed E-state index contributed by atoms with van der Waals surface area (Å²) in [6.45, 7) is 4.68. The Labute approximate surface area is 143 Å². The van der Waals surface area contributed by atoms with Crippen molar-refractivity contribution in [3.8, 4) is 0 Å². The van der Waals surface area contributed by atoms with E-state index in [1.807, 2.05) is 19.1 Å². The average molecular weight is 330 g/mol. The Morgan fingerprint density at radius 1 is 1.12 bits per heavy atom. The number of rotatable bonds is 3. The van der Waals surface area contributed by atoms with E-state index in [2.05, 4.69) is 10.2 Å². The summed E-state index contributed by atoms with van der Waals surface area (Å²) in [7, 11) is 0. The van der Waals surface area contributed by atoms with E-state index in [9.17, 15) is 9.59 Å². The van der Waals surface area contributed by atoms with Crippen LogP contribution in [0.2, 0.25) is 0 Å². The van der Waals surface area contributed by atoms with E-state index in [4.69, 9.17) is 4.74 Å². The molecule has 24 heavy (non-hydrogen) atoms. The molecule has 5 nitrogen and oxygen atoms in total. The summed E-state index contributed by atoms with van der Waals surface area (Å²) in [6, 6.07) is 7.64. The third-order valence-electron chi connectivity index (χ3n) is 5.19. The molecule has 1 aromatic carbocycles. The fourth-order valence-corrected chi connectivity index (χ4v) is 3.86. The number of ether oxygens (including phenoxy) is 1. The highest BCUT2D eigenvalue weighted by molar-refractivity contribution is 6.02. The lowest BCUT2D eigenvalue weighted by atomic mass is 9.84. The van der Waals surface area contributed by atoms with Crippen molar-refractivity contribution in [1.82, 2.24) is 10.2 Å². The first-order chi connectivity index (χ1) is 11.6. The number of amides is 2. The molecule has 1 aromatic rings. The Morgan fingerprint density at radius 2 is 1.88 bits per heavy atom. The minimum absolute atomic E-state index is 0.388. The van der Waals surface area contributed by atoms with Gasteiger partial charge < -0.3 is 4.74 Å². The Balaban J connectivity index is 1.48. The van der Waals surface area contributed by atoms with E-state index in [1.54, 1.807) is 12.1 Å². The lowest BCUT2D eigenvalue weighted by Gasteiger charge is -2.44. The van der Waals surface area contributed by atoms with E-state index in [-0.39, 0.29) is 0 Å². The van der Waals surface area contributed by atoms with Gasteiger partial charge in [0.2, 0.25) is 0 Å². The number of alkyl carbamates (subject to hydrolysis) is 1. The van der Waals surface area contributed by atoms with Crippen molar-refractivity contribution in [3.05, 3.63) is 35.4 Å². The smallest absolute Gasteiger partial charge is 0.414 e. The second-order valence-corrected chi connectivity index (χ2v) is 6.92. The first-order valence-electron chi connectivity index (χ1n) is 8.92. The van der Waals surface area contributed by atoms with Crippen LogP contribution >= 0.6 is 0 Å². The highest BCUT2D eigenvalue weighted by atomic mass is 16.5. The van der Waals surface area contributed by atoms with Gasteiger partial charge in [0, 0.05) is 17.5 Å². The number of imide groups is 1. The molecule has 5 heteroatoms. The fraction of sp³-hybridized carbons (Fsp3) is 0.579. The molecule has 0 spiro atoms. The summed E-state index contributed by atoms with van der Waals surface area (Å²) in [4.78, 5) is 26.5. The van der Waals surface area contributed by atoms with Gasteiger partial charge in [0.05, 0.1) is 6.61 Å². The van der Waals surface area contributed by atoms with Crippen LogP contribution in [0.1, 0.15) is 48.0 Å². The van der Waals surface area contributed by atoms with E-state index < -0.39 is 12.0 Å². The SMILES string of the molecule is Cc1ccc(C(=O)NC(=O)OC[C@@H]2CCCN3CCCCC23)cc1. The van der Waals surface area contributed by atoms with Crippen LogP contribution < -0.4 is 5.32 Å². The summed E-state index contributed by atoms with van der Waals surface area (Å²) < 4.78 is 5.35. The maximum Gasteiger partial charge on any atom is 0.414 e. The van der Waals surface area contributed by atoms with Crippen molar-refractivity contribution in [2.45, 2.75) is 45.1 Å². The predicted molar refractivity (Wildman–Crippen MR) is 91.9 cm³/mol. The van der Waals surface area contributed by atoms with Crippen molar-refractivity contribution in [3.63, 3.8) is 0 Å². The second-order valence-electron chi connectivity index (χ2n) is 6.92. The van der Waals surface area contributed by atoms with Gasteiger partial charge in [-0.15, -0.1) is 0 Å². The molecule has 2 amide bonds. The van der Waals surface area contributed by atoms with Gasteiger partial charge in [-0.3, -0.25) is 15.0 Å². The minimum atomic E-state index is -0.645. The van der Waals surface area contributed by atoms with Crippen LogP contribution in [0, 0.1) is 12.8 Å². The molecular weight excluding hydrogens is 304 g/mol. The van der Waals surface area contributed by atoms with Gasteiger partial charge in [-0.2, -0.15) is 0 Å². The van der Waals surface area contributed by atoms with Gasteiger partial charge in [-0.25, -0.2) is 4.79 Å². The molecule has 2 saturated heterocycles. The van der Waals surface area contributed by atoms with Gasteiger partial charge in [-0.1, -0.05) is 24.1 Å². The van der Waals surface area contributed by atoms with Crippen LogP contribution in [0.25, 0.3) is 0 Å². The normalized spacial score (nSPS) is 24.0. The highest BCUT2D eigenvalue weighted by Gasteiger charge is 2.33. The predicted octanol–water partition coefficient (Wildman–Crippen LogP) is 3.13. The average Bonchev–Trinajstić information content (AvgIpc) is 2.60. The third kappa shape index (κ3) is 4.15. The van der Waals surface area contributed by atoms with Crippen molar-refractivity contribution in [1.29, 1.82) is 0 Å². The number of nitrogens with zero attached hydrogens (tertiary/aromatic N) is 1. The second kappa shape index (κ2) is 7.79. The number of benzene rings is 1. The van der Waals surface area contributed by atoms with Crippen LogP contribution in [0.5, 0.6) is 0 Å². The largest absolute Gasteiger partial charge is 0.449 e. The standard InChI is InChI=1S/C19H26N2O3/c1-14-7-9-15(10-8-14)18(22)20-19(23)24-13-16-5-4-12-21-11-3-2-6-17(16)21/h7-10,16-17H,2-6,11-13H2,1H3,(H,20,22,23)/t16-,17?/m0/s1. The summed E-state index contributed by atoms with van der Waals surface area (Å²) >= 11 is 0. The van der Waals surface area contributed by atoms with Crippen molar-refractivity contribution in [2.75, 3.05) is 19.7 Å². The van der Waals surface area contributed by atoms with E-state index in [0.29, 0.717) is 24.1 Å². The van der Waals surface area contributed by atoms with E-state index >= 15 is 0 Å². The first-order valence-corrected chi connectivity index (χ1v) is 8.92. The summed E-state index contributed by atoms with van der Waals surface area (Å²) in [5.74, 6) is -0.0257. The Hall–Kier alpha value is -1.88. The third-order valence-corrected chi connectivity index (χ3v) is 5.19. The molecule has 0 aliphatic carbocycles. The molecule has 1 unspecified atom stereocenters. The number of nitrogens with one attached hydrogen (secondary N) is 1. The summed E-state index contributed by atoms with van der Waals surface area (Å²) in [5.41, 5.74) is 1.54. The van der Waals surface area contributed by atoms with Gasteiger partial charge in [0.15, 0.2) is 0 Å². The Morgan fingerprint density at radius 3 is 2.67 bits per heavy atom. The van der Waals surface area contributed by atoms with Crippen LogP contribution in [-0.4, -0.2) is 42.6 Å². The van der Waals surface area contributed by atoms with E-state index in [1.165, 1.54) is 32.4 Å². The van der Waals surface area contributed by atoms with Crippen LogP contribution in [-0.2, 0) is 4.74 Å². The molecule has 0 bridgehead atoms. The van der Waals surface area contributed by atoms with Gasteiger partial charge in [0.1, 0.15) is 0 Å². The number of hydrogen-bond donors (Lipinski definition) is 1. The molecule has 0 radical (unpaired) electrons. The minimum Gasteiger partial charge on any atom is -0.449 e. The maximum absolute atomic E-state index is 12.0. The first kappa shape index (κ1) is 17.0. The number of carbonyl (C=O) groups is 2. The number of fused-ring (bicyclic) bond motifs is 1. The molecule has 0 saturated carbocycles. The molecule has 2 aliphatic rings. The molecular formula is C19H26N2O3. The molecule has 2 fully saturated rings. The fourth-order valence-electron chi connectivity index (χ4n) is 3.86. The lowest BCUT2D eigenvalue weighted by molar-refractivity contribution is 0.0235. The lowest BCUT2D eigenvalue weighted by Crippen LogP contribution is -2.49. The van der Waals surface area contributed by atoms with Crippen LogP contribution in [0.4, 0.5) is 4.79 Å². The summed E-state index contributed by atoms with van der Waals surface area (Å²) in [5, 5.41) is 2.31. The van der Waals surface area contributed by atoms with Crippen LogP contribution in [0.3, 0.4) is 0 Å². The van der Waals surface area contributed by atoms with Gasteiger partial charge in [-0.05, 0) is 57.8 Å². The topological polar surface area (TPSA) is 58.6 Å².